The summed E-state index contributed by atoms with van der Waals surface area (Å²) in [7, 11) is -1.44. The highest BCUT2D eigenvalue weighted by Gasteiger charge is 2.29. The summed E-state index contributed by atoms with van der Waals surface area (Å²) in [6.07, 6.45) is 0. The first-order chi connectivity index (χ1) is 11.4. The third-order valence-corrected chi connectivity index (χ3v) is 4.76. The minimum absolute atomic E-state index is 0.0838. The molecule has 2 aromatic rings. The van der Waals surface area contributed by atoms with E-state index in [1.165, 1.54) is 38.5 Å². The lowest BCUT2D eigenvalue weighted by atomic mass is 10.1. The van der Waals surface area contributed by atoms with E-state index in [-0.39, 0.29) is 10.6 Å². The molecule has 0 aliphatic heterocycles. The van der Waals surface area contributed by atoms with Gasteiger partial charge in [0.05, 0.1) is 14.2 Å². The molecular weight excluding hydrogens is 334 g/mol. The van der Waals surface area contributed by atoms with E-state index in [1.807, 2.05) is 0 Å². The number of rotatable bonds is 7. The molecule has 0 unspecified atom stereocenters. The summed E-state index contributed by atoms with van der Waals surface area (Å²) in [4.78, 5) is 11.3. The number of methoxy groups -OCH3 is 2. The van der Waals surface area contributed by atoms with E-state index >= 15 is 0 Å². The number of nitrogens with one attached hydrogen (secondary N) is 1. The number of hydrogen-bond acceptors (Lipinski definition) is 5. The maximum Gasteiger partial charge on any atom is 0.326 e. The second-order valence-electron chi connectivity index (χ2n) is 4.82. The van der Waals surface area contributed by atoms with Crippen LogP contribution >= 0.6 is 0 Å². The largest absolute Gasteiger partial charge is 0.497 e. The van der Waals surface area contributed by atoms with E-state index in [4.69, 9.17) is 9.47 Å². The van der Waals surface area contributed by atoms with Gasteiger partial charge in [0.1, 0.15) is 22.4 Å². The molecule has 0 spiro atoms. The van der Waals surface area contributed by atoms with Crippen molar-refractivity contribution in [1.29, 1.82) is 0 Å². The minimum atomic E-state index is -4.16. The normalized spacial score (nSPS) is 12.4. The molecule has 0 fully saturated rings. The van der Waals surface area contributed by atoms with Crippen LogP contribution < -0.4 is 14.2 Å². The zero-order valence-corrected chi connectivity index (χ0v) is 13.9. The molecule has 0 aliphatic carbocycles. The first-order valence-electron chi connectivity index (χ1n) is 6.91. The average molecular weight is 351 g/mol. The third kappa shape index (κ3) is 3.84. The van der Waals surface area contributed by atoms with Crippen molar-refractivity contribution in [2.45, 2.75) is 10.9 Å². The van der Waals surface area contributed by atoms with Gasteiger partial charge in [0.15, 0.2) is 0 Å². The highest BCUT2D eigenvalue weighted by atomic mass is 32.2. The summed E-state index contributed by atoms with van der Waals surface area (Å²) in [5.74, 6) is -0.921. The molecule has 0 aromatic heterocycles. The molecule has 1 atom stereocenters. The maximum absolute atomic E-state index is 12.7. The zero-order valence-electron chi connectivity index (χ0n) is 13.1. The van der Waals surface area contributed by atoms with Gasteiger partial charge in [0, 0.05) is 6.07 Å². The second-order valence-corrected chi connectivity index (χ2v) is 6.50. The van der Waals surface area contributed by atoms with E-state index in [0.29, 0.717) is 11.3 Å². The SMILES string of the molecule is COc1ccc(OC)c(S(=O)(=O)N[C@H](C(=O)O)c2ccccc2)c1. The quantitative estimate of drug-likeness (QED) is 0.789. The van der Waals surface area contributed by atoms with Crippen molar-refractivity contribution in [1.82, 2.24) is 4.72 Å². The average Bonchev–Trinajstić information content (AvgIpc) is 2.59. The topological polar surface area (TPSA) is 102 Å². The molecule has 0 aliphatic rings. The van der Waals surface area contributed by atoms with Gasteiger partial charge in [-0.05, 0) is 17.7 Å². The highest BCUT2D eigenvalue weighted by Crippen LogP contribution is 2.29. The smallest absolute Gasteiger partial charge is 0.326 e. The Morgan fingerprint density at radius 1 is 1.08 bits per heavy atom. The van der Waals surface area contributed by atoms with Crippen molar-refractivity contribution >= 4 is 16.0 Å². The standard InChI is InChI=1S/C16H17NO6S/c1-22-12-8-9-13(23-2)14(10-12)24(20,21)17-15(16(18)19)11-6-4-3-5-7-11/h3-10,15,17H,1-2H3,(H,18,19)/t15-/m0/s1. The molecule has 2 rings (SSSR count). The van der Waals surface area contributed by atoms with Crippen molar-refractivity contribution in [2.24, 2.45) is 0 Å². The van der Waals surface area contributed by atoms with Crippen LogP contribution in [0, 0.1) is 0 Å². The molecule has 0 amide bonds. The van der Waals surface area contributed by atoms with Crippen LogP contribution in [0.2, 0.25) is 0 Å². The van der Waals surface area contributed by atoms with Crippen LogP contribution in [0.25, 0.3) is 0 Å². The van der Waals surface area contributed by atoms with E-state index in [2.05, 4.69) is 4.72 Å². The molecule has 0 saturated heterocycles. The fourth-order valence-electron chi connectivity index (χ4n) is 2.12. The van der Waals surface area contributed by atoms with Crippen molar-refractivity contribution in [2.75, 3.05) is 14.2 Å². The highest BCUT2D eigenvalue weighted by molar-refractivity contribution is 7.89. The summed E-state index contributed by atoms with van der Waals surface area (Å²) in [5, 5.41) is 9.38. The number of aliphatic carboxylic acids is 1. The van der Waals surface area contributed by atoms with Gasteiger partial charge in [0.25, 0.3) is 0 Å². The van der Waals surface area contributed by atoms with Crippen LogP contribution in [0.4, 0.5) is 0 Å². The van der Waals surface area contributed by atoms with Gasteiger partial charge in [0.2, 0.25) is 10.0 Å². The van der Waals surface area contributed by atoms with Gasteiger partial charge in [-0.2, -0.15) is 4.72 Å². The molecule has 7 nitrogen and oxygen atoms in total. The summed E-state index contributed by atoms with van der Waals surface area (Å²) in [5.41, 5.74) is 0.315. The number of hydrogen-bond donors (Lipinski definition) is 2. The number of ether oxygens (including phenoxy) is 2. The van der Waals surface area contributed by atoms with E-state index in [0.717, 1.165) is 0 Å². The summed E-state index contributed by atoms with van der Waals surface area (Å²) >= 11 is 0. The Hall–Kier alpha value is -2.58. The Balaban J connectivity index is 2.45. The van der Waals surface area contributed by atoms with E-state index in [9.17, 15) is 18.3 Å². The Morgan fingerprint density at radius 3 is 2.29 bits per heavy atom. The fourth-order valence-corrected chi connectivity index (χ4v) is 3.48. The molecule has 0 saturated carbocycles. The predicted octanol–water partition coefficient (Wildman–Crippen LogP) is 1.81. The Bertz CT molecular complexity index is 820. The molecule has 24 heavy (non-hydrogen) atoms. The maximum atomic E-state index is 12.7. The van der Waals surface area contributed by atoms with Gasteiger partial charge >= 0.3 is 5.97 Å². The molecule has 128 valence electrons. The van der Waals surface area contributed by atoms with Crippen LogP contribution in [-0.4, -0.2) is 33.7 Å². The third-order valence-electron chi connectivity index (χ3n) is 3.31. The molecule has 8 heteroatoms. The number of carboxylic acid groups (broad SMARTS) is 1. The van der Waals surface area contributed by atoms with E-state index in [1.54, 1.807) is 24.3 Å². The molecule has 0 radical (unpaired) electrons. The van der Waals surface area contributed by atoms with Crippen LogP contribution in [0.5, 0.6) is 11.5 Å². The number of carbonyl (C=O) groups is 1. The minimum Gasteiger partial charge on any atom is -0.497 e. The van der Waals surface area contributed by atoms with Gasteiger partial charge in [-0.3, -0.25) is 4.79 Å². The molecule has 0 bridgehead atoms. The Labute approximate surface area is 139 Å². The lowest BCUT2D eigenvalue weighted by Gasteiger charge is -2.17. The summed E-state index contributed by atoms with van der Waals surface area (Å²) in [6, 6.07) is 10.9. The monoisotopic (exact) mass is 351 g/mol. The van der Waals surface area contributed by atoms with Crippen molar-refractivity contribution in [3.63, 3.8) is 0 Å². The zero-order chi connectivity index (χ0) is 17.7. The van der Waals surface area contributed by atoms with Crippen LogP contribution in [-0.2, 0) is 14.8 Å². The first-order valence-corrected chi connectivity index (χ1v) is 8.39. The summed E-state index contributed by atoms with van der Waals surface area (Å²) in [6.45, 7) is 0. The predicted molar refractivity (Wildman–Crippen MR) is 86.7 cm³/mol. The molecule has 0 heterocycles. The fraction of sp³-hybridized carbons (Fsp3) is 0.188. The number of carboxylic acids is 1. The molecule has 2 aromatic carbocycles. The summed E-state index contributed by atoms with van der Waals surface area (Å²) < 4.78 is 37.6. The molecule has 2 N–H and O–H groups in total. The van der Waals surface area contributed by atoms with Crippen LogP contribution in [0.1, 0.15) is 11.6 Å². The van der Waals surface area contributed by atoms with E-state index < -0.39 is 22.0 Å². The second kappa shape index (κ2) is 7.33. The van der Waals surface area contributed by atoms with Gasteiger partial charge in [-0.15, -0.1) is 0 Å². The Kier molecular flexibility index (Phi) is 5.42. The Morgan fingerprint density at radius 2 is 1.75 bits per heavy atom. The van der Waals surface area contributed by atoms with Crippen molar-refractivity contribution in [3.05, 3.63) is 54.1 Å². The number of benzene rings is 2. The van der Waals surface area contributed by atoms with Crippen LogP contribution in [0.15, 0.2) is 53.4 Å². The number of sulfonamides is 1. The van der Waals surface area contributed by atoms with Gasteiger partial charge in [-0.25, -0.2) is 8.42 Å². The van der Waals surface area contributed by atoms with Crippen molar-refractivity contribution in [3.8, 4) is 11.5 Å². The van der Waals surface area contributed by atoms with Gasteiger partial charge in [-0.1, -0.05) is 30.3 Å². The van der Waals surface area contributed by atoms with Gasteiger partial charge < -0.3 is 14.6 Å². The molecular formula is C16H17NO6S. The lowest BCUT2D eigenvalue weighted by molar-refractivity contribution is -0.139. The lowest BCUT2D eigenvalue weighted by Crippen LogP contribution is -2.34. The first kappa shape index (κ1) is 17.8. The van der Waals surface area contributed by atoms with Crippen LogP contribution in [0.3, 0.4) is 0 Å². The van der Waals surface area contributed by atoms with Crippen molar-refractivity contribution < 1.29 is 27.8 Å².